The normalized spacial score (nSPS) is 10.9. The second-order valence-corrected chi connectivity index (χ2v) is 7.27. The van der Waals surface area contributed by atoms with Gasteiger partial charge in [0, 0.05) is 29.3 Å². The van der Waals surface area contributed by atoms with Gasteiger partial charge >= 0.3 is 0 Å². The number of methoxy groups -OCH3 is 1. The Kier molecular flexibility index (Phi) is 5.53. The van der Waals surface area contributed by atoms with Crippen LogP contribution in [0.25, 0.3) is 16.2 Å². The lowest BCUT2D eigenvalue weighted by molar-refractivity contribution is -0.116. The molecule has 30 heavy (non-hydrogen) atoms. The number of hydrogen-bond acceptors (Lipinski definition) is 6. The third kappa shape index (κ3) is 4.06. The quantitative estimate of drug-likeness (QED) is 0.449. The van der Waals surface area contributed by atoms with Crippen LogP contribution in [0, 0.1) is 5.82 Å². The van der Waals surface area contributed by atoms with Crippen LogP contribution in [0.4, 0.5) is 10.3 Å². The third-order valence-corrected chi connectivity index (χ3v) is 5.28. The first-order valence-corrected chi connectivity index (χ1v) is 9.99. The Hall–Kier alpha value is -3.59. The molecule has 2 aromatic carbocycles. The number of nitrogens with one attached hydrogen (secondary N) is 1. The van der Waals surface area contributed by atoms with Gasteiger partial charge in [-0.25, -0.2) is 8.91 Å². The van der Waals surface area contributed by atoms with Crippen LogP contribution in [-0.2, 0) is 4.79 Å². The molecule has 0 bridgehead atoms. The number of nitrogens with zero attached hydrogens (tertiary/aromatic N) is 3. The minimum atomic E-state index is -0.414. The van der Waals surface area contributed by atoms with Gasteiger partial charge in [0.1, 0.15) is 11.6 Å². The van der Waals surface area contributed by atoms with Crippen LogP contribution in [0.5, 0.6) is 5.75 Å². The standard InChI is InChI=1S/C21H17FN4O3S/c1-29-18-5-3-2-4-15(18)16-12-30-21-24-20(25-26(16)21)23-19(28)11-10-17(27)13-6-8-14(22)9-7-13/h2-9,12H,10-11H2,1H3,(H,23,25,28). The number of anilines is 1. The molecule has 152 valence electrons. The van der Waals surface area contributed by atoms with Crippen molar-refractivity contribution in [2.75, 3.05) is 12.4 Å². The number of para-hydroxylation sites is 1. The summed E-state index contributed by atoms with van der Waals surface area (Å²) < 4.78 is 20.0. The van der Waals surface area contributed by atoms with Crippen molar-refractivity contribution in [3.8, 4) is 17.0 Å². The highest BCUT2D eigenvalue weighted by Gasteiger charge is 2.16. The average molecular weight is 424 g/mol. The number of thiazole rings is 1. The molecule has 2 heterocycles. The molecule has 1 amide bonds. The summed E-state index contributed by atoms with van der Waals surface area (Å²) in [7, 11) is 1.60. The van der Waals surface area contributed by atoms with E-state index in [1.807, 2.05) is 29.6 Å². The van der Waals surface area contributed by atoms with Gasteiger partial charge in [-0.3, -0.25) is 14.9 Å². The van der Waals surface area contributed by atoms with Gasteiger partial charge in [-0.1, -0.05) is 12.1 Å². The van der Waals surface area contributed by atoms with Crippen LogP contribution in [0.2, 0.25) is 0 Å². The lowest BCUT2D eigenvalue weighted by Gasteiger charge is -2.06. The summed E-state index contributed by atoms with van der Waals surface area (Å²) in [5.74, 6) is -0.151. The number of amides is 1. The zero-order chi connectivity index (χ0) is 21.1. The molecular formula is C21H17FN4O3S. The molecule has 0 saturated carbocycles. The van der Waals surface area contributed by atoms with Gasteiger partial charge in [0.15, 0.2) is 5.78 Å². The van der Waals surface area contributed by atoms with Gasteiger partial charge in [-0.15, -0.1) is 16.4 Å². The molecular weight excluding hydrogens is 407 g/mol. The summed E-state index contributed by atoms with van der Waals surface area (Å²) in [6.45, 7) is 0. The largest absolute Gasteiger partial charge is 0.496 e. The topological polar surface area (TPSA) is 85.6 Å². The maximum atomic E-state index is 12.9. The van der Waals surface area contributed by atoms with Crippen LogP contribution in [-0.4, -0.2) is 33.4 Å². The van der Waals surface area contributed by atoms with Crippen molar-refractivity contribution in [1.82, 2.24) is 14.6 Å². The van der Waals surface area contributed by atoms with Gasteiger partial charge in [0.2, 0.25) is 16.8 Å². The SMILES string of the molecule is COc1ccccc1-c1csc2nc(NC(=O)CCC(=O)c3ccc(F)cc3)nn12. The van der Waals surface area contributed by atoms with Gasteiger partial charge in [0.25, 0.3) is 0 Å². The minimum absolute atomic E-state index is 0.00610. The molecule has 0 saturated heterocycles. The Morgan fingerprint density at radius 3 is 2.67 bits per heavy atom. The van der Waals surface area contributed by atoms with E-state index in [0.717, 1.165) is 11.3 Å². The number of ketones is 1. The minimum Gasteiger partial charge on any atom is -0.496 e. The first kappa shape index (κ1) is 19.7. The fourth-order valence-electron chi connectivity index (χ4n) is 2.97. The molecule has 0 fully saturated rings. The molecule has 1 N–H and O–H groups in total. The number of ether oxygens (including phenoxy) is 1. The molecule has 2 aromatic heterocycles. The predicted octanol–water partition coefficient (Wildman–Crippen LogP) is 4.21. The number of fused-ring (bicyclic) bond motifs is 1. The fourth-order valence-corrected chi connectivity index (χ4v) is 3.79. The van der Waals surface area contributed by atoms with Gasteiger partial charge in [-0.2, -0.15) is 4.98 Å². The lowest BCUT2D eigenvalue weighted by atomic mass is 10.1. The number of hydrogen-bond donors (Lipinski definition) is 1. The van der Waals surface area contributed by atoms with E-state index < -0.39 is 5.82 Å². The molecule has 0 spiro atoms. The first-order valence-electron chi connectivity index (χ1n) is 9.11. The number of benzene rings is 2. The van der Waals surface area contributed by atoms with E-state index in [0.29, 0.717) is 16.3 Å². The Morgan fingerprint density at radius 2 is 1.90 bits per heavy atom. The van der Waals surface area contributed by atoms with Crippen LogP contribution in [0.15, 0.2) is 53.9 Å². The van der Waals surface area contributed by atoms with Crippen LogP contribution in [0.3, 0.4) is 0 Å². The average Bonchev–Trinajstić information content (AvgIpc) is 3.32. The van der Waals surface area contributed by atoms with Crippen LogP contribution < -0.4 is 10.1 Å². The maximum absolute atomic E-state index is 12.9. The van der Waals surface area contributed by atoms with Gasteiger partial charge < -0.3 is 4.74 Å². The van der Waals surface area contributed by atoms with Gasteiger partial charge in [0.05, 0.1) is 12.8 Å². The van der Waals surface area contributed by atoms with Crippen molar-refractivity contribution >= 4 is 33.9 Å². The number of Topliss-reactive ketones (excluding diaryl/α,β-unsaturated/α-hetero) is 1. The highest BCUT2D eigenvalue weighted by atomic mass is 32.1. The highest BCUT2D eigenvalue weighted by Crippen LogP contribution is 2.32. The molecule has 0 unspecified atom stereocenters. The smallest absolute Gasteiger partial charge is 0.250 e. The molecule has 0 atom stereocenters. The number of halogens is 1. The van der Waals surface area contributed by atoms with Crippen molar-refractivity contribution in [1.29, 1.82) is 0 Å². The monoisotopic (exact) mass is 424 g/mol. The van der Waals surface area contributed by atoms with Crippen molar-refractivity contribution in [2.24, 2.45) is 0 Å². The molecule has 0 aliphatic heterocycles. The van der Waals surface area contributed by atoms with Crippen molar-refractivity contribution in [3.63, 3.8) is 0 Å². The Bertz CT molecular complexity index is 1220. The number of carbonyl (C=O) groups is 2. The van der Waals surface area contributed by atoms with E-state index >= 15 is 0 Å². The van der Waals surface area contributed by atoms with E-state index in [9.17, 15) is 14.0 Å². The first-order chi connectivity index (χ1) is 14.5. The highest BCUT2D eigenvalue weighted by molar-refractivity contribution is 7.15. The summed E-state index contributed by atoms with van der Waals surface area (Å²) in [5.41, 5.74) is 2.03. The second kappa shape index (κ2) is 8.42. The van der Waals surface area contributed by atoms with E-state index in [-0.39, 0.29) is 30.5 Å². The second-order valence-electron chi connectivity index (χ2n) is 6.43. The summed E-state index contributed by atoms with van der Waals surface area (Å²) >= 11 is 1.39. The fraction of sp³-hybridized carbons (Fsp3) is 0.143. The molecule has 0 radical (unpaired) electrons. The summed E-state index contributed by atoms with van der Waals surface area (Å²) in [4.78, 5) is 29.3. The van der Waals surface area contributed by atoms with E-state index in [1.54, 1.807) is 11.6 Å². The van der Waals surface area contributed by atoms with E-state index in [1.165, 1.54) is 35.6 Å². The predicted molar refractivity (Wildman–Crippen MR) is 111 cm³/mol. The Balaban J connectivity index is 1.44. The zero-order valence-corrected chi connectivity index (χ0v) is 16.8. The number of aromatic nitrogens is 3. The van der Waals surface area contributed by atoms with Crippen LogP contribution >= 0.6 is 11.3 Å². The van der Waals surface area contributed by atoms with E-state index in [2.05, 4.69) is 15.4 Å². The molecule has 4 aromatic rings. The lowest BCUT2D eigenvalue weighted by Crippen LogP contribution is -2.14. The van der Waals surface area contributed by atoms with Crippen molar-refractivity contribution in [3.05, 3.63) is 65.3 Å². The Labute approximate surface area is 175 Å². The molecule has 7 nitrogen and oxygen atoms in total. The molecule has 0 aliphatic carbocycles. The summed E-state index contributed by atoms with van der Waals surface area (Å²) in [5, 5.41) is 8.90. The number of rotatable bonds is 7. The van der Waals surface area contributed by atoms with Crippen LogP contribution in [0.1, 0.15) is 23.2 Å². The van der Waals surface area contributed by atoms with Crippen molar-refractivity contribution in [2.45, 2.75) is 12.8 Å². The summed E-state index contributed by atoms with van der Waals surface area (Å²) in [6.07, 6.45) is -0.0193. The van der Waals surface area contributed by atoms with Gasteiger partial charge in [-0.05, 0) is 36.4 Å². The Morgan fingerprint density at radius 1 is 1.13 bits per heavy atom. The molecule has 9 heteroatoms. The summed E-state index contributed by atoms with van der Waals surface area (Å²) in [6, 6.07) is 12.8. The van der Waals surface area contributed by atoms with Crippen molar-refractivity contribution < 1.29 is 18.7 Å². The zero-order valence-electron chi connectivity index (χ0n) is 16.0. The molecule has 4 rings (SSSR count). The maximum Gasteiger partial charge on any atom is 0.250 e. The molecule has 0 aliphatic rings. The number of carbonyl (C=O) groups excluding carboxylic acids is 2. The third-order valence-electron chi connectivity index (χ3n) is 4.46. The van der Waals surface area contributed by atoms with E-state index in [4.69, 9.17) is 4.74 Å².